The quantitative estimate of drug-likeness (QED) is 0.874. The molecule has 104 valence electrons. The maximum absolute atomic E-state index is 11.3. The molecule has 7 nitrogen and oxygen atoms in total. The van der Waals surface area contributed by atoms with Crippen LogP contribution in [0.4, 0.5) is 0 Å². The number of nitrogens with zero attached hydrogens (tertiary/aromatic N) is 2. The number of pyridine rings is 1. The largest absolute Gasteiger partial charge is 0.478 e. The van der Waals surface area contributed by atoms with Crippen LogP contribution in [-0.2, 0) is 4.74 Å². The van der Waals surface area contributed by atoms with E-state index in [0.29, 0.717) is 19.0 Å². The van der Waals surface area contributed by atoms with Crippen LogP contribution in [0.5, 0.6) is 0 Å². The van der Waals surface area contributed by atoms with Crippen molar-refractivity contribution in [2.75, 3.05) is 13.2 Å². The van der Waals surface area contributed by atoms with E-state index in [1.165, 1.54) is 6.07 Å². The molecule has 0 bridgehead atoms. The highest BCUT2D eigenvalue weighted by Crippen LogP contribution is 2.28. The van der Waals surface area contributed by atoms with Crippen molar-refractivity contribution in [3.63, 3.8) is 0 Å². The molecule has 0 aromatic carbocycles. The van der Waals surface area contributed by atoms with Gasteiger partial charge in [-0.05, 0) is 18.6 Å². The van der Waals surface area contributed by atoms with E-state index in [2.05, 4.69) is 4.98 Å². The zero-order valence-corrected chi connectivity index (χ0v) is 10.4. The number of fused-ring (bicyclic) bond motifs is 1. The fourth-order valence-corrected chi connectivity index (χ4v) is 2.51. The van der Waals surface area contributed by atoms with Crippen molar-refractivity contribution >= 4 is 17.5 Å². The normalized spacial score (nSPS) is 18.5. The van der Waals surface area contributed by atoms with Crippen LogP contribution >= 0.6 is 0 Å². The van der Waals surface area contributed by atoms with Gasteiger partial charge in [0.25, 0.3) is 0 Å². The van der Waals surface area contributed by atoms with Crippen LogP contribution in [0.25, 0.3) is 5.52 Å². The maximum Gasteiger partial charge on any atom is 0.356 e. The summed E-state index contributed by atoms with van der Waals surface area (Å²) in [5.41, 5.74) is -0.179. The lowest BCUT2D eigenvalue weighted by Gasteiger charge is -2.07. The number of carboxylic acid groups (broad SMARTS) is 2. The van der Waals surface area contributed by atoms with Crippen LogP contribution in [0.15, 0.2) is 18.3 Å². The van der Waals surface area contributed by atoms with Gasteiger partial charge in [-0.25, -0.2) is 14.6 Å². The highest BCUT2D eigenvalue weighted by Gasteiger charge is 2.28. The molecule has 3 heterocycles. The Hall–Kier alpha value is -2.41. The maximum atomic E-state index is 11.3. The lowest BCUT2D eigenvalue weighted by atomic mass is 10.1. The Labute approximate surface area is 113 Å². The zero-order valence-electron chi connectivity index (χ0n) is 10.4. The third kappa shape index (κ3) is 1.83. The Morgan fingerprint density at radius 1 is 1.35 bits per heavy atom. The van der Waals surface area contributed by atoms with Gasteiger partial charge in [0, 0.05) is 18.7 Å². The van der Waals surface area contributed by atoms with Crippen LogP contribution in [0.2, 0.25) is 0 Å². The highest BCUT2D eigenvalue weighted by molar-refractivity contribution is 6.03. The summed E-state index contributed by atoms with van der Waals surface area (Å²) in [5, 5.41) is 18.5. The van der Waals surface area contributed by atoms with Crippen molar-refractivity contribution in [2.45, 2.75) is 12.3 Å². The second kappa shape index (κ2) is 4.61. The van der Waals surface area contributed by atoms with E-state index in [4.69, 9.17) is 4.74 Å². The Morgan fingerprint density at radius 2 is 2.15 bits per heavy atom. The van der Waals surface area contributed by atoms with E-state index in [1.54, 1.807) is 16.7 Å². The van der Waals surface area contributed by atoms with E-state index in [-0.39, 0.29) is 22.7 Å². The molecule has 20 heavy (non-hydrogen) atoms. The minimum absolute atomic E-state index is 0.0142. The molecule has 2 aromatic heterocycles. The average molecular weight is 276 g/mol. The van der Waals surface area contributed by atoms with Crippen LogP contribution in [0, 0.1) is 0 Å². The molecule has 0 radical (unpaired) electrons. The highest BCUT2D eigenvalue weighted by atomic mass is 16.5. The Balaban J connectivity index is 2.30. The number of carboxylic acids is 2. The van der Waals surface area contributed by atoms with E-state index in [1.807, 2.05) is 0 Å². The van der Waals surface area contributed by atoms with Crippen molar-refractivity contribution < 1.29 is 24.5 Å². The van der Waals surface area contributed by atoms with Crippen molar-refractivity contribution in [3.05, 3.63) is 35.4 Å². The second-order valence-corrected chi connectivity index (χ2v) is 4.63. The van der Waals surface area contributed by atoms with Crippen LogP contribution < -0.4 is 0 Å². The molecule has 1 atom stereocenters. The molecule has 1 saturated heterocycles. The molecule has 1 aliphatic rings. The van der Waals surface area contributed by atoms with Gasteiger partial charge in [-0.15, -0.1) is 0 Å². The molecular weight excluding hydrogens is 264 g/mol. The summed E-state index contributed by atoms with van der Waals surface area (Å²) >= 11 is 0. The number of rotatable bonds is 3. The predicted octanol–water partition coefficient (Wildman–Crippen LogP) is 1.23. The summed E-state index contributed by atoms with van der Waals surface area (Å²) in [6.07, 6.45) is 2.38. The van der Waals surface area contributed by atoms with Gasteiger partial charge in [-0.2, -0.15) is 0 Å². The van der Waals surface area contributed by atoms with Crippen LogP contribution in [-0.4, -0.2) is 44.8 Å². The summed E-state index contributed by atoms with van der Waals surface area (Å²) < 4.78 is 6.84. The van der Waals surface area contributed by atoms with Crippen molar-refractivity contribution in [2.24, 2.45) is 0 Å². The second-order valence-electron chi connectivity index (χ2n) is 4.63. The first-order chi connectivity index (χ1) is 9.59. The third-order valence-corrected chi connectivity index (χ3v) is 3.42. The summed E-state index contributed by atoms with van der Waals surface area (Å²) in [6.45, 7) is 1.07. The van der Waals surface area contributed by atoms with Crippen LogP contribution in [0.3, 0.4) is 0 Å². The summed E-state index contributed by atoms with van der Waals surface area (Å²) in [6, 6.07) is 2.95. The summed E-state index contributed by atoms with van der Waals surface area (Å²) in [5.74, 6) is -1.88. The molecule has 1 fully saturated rings. The number of carbonyl (C=O) groups is 2. The molecule has 0 saturated carbocycles. The first-order valence-corrected chi connectivity index (χ1v) is 6.15. The van der Waals surface area contributed by atoms with E-state index in [9.17, 15) is 19.8 Å². The molecule has 2 aromatic rings. The molecule has 0 aliphatic carbocycles. The smallest absolute Gasteiger partial charge is 0.356 e. The number of hydrogen-bond donors (Lipinski definition) is 2. The third-order valence-electron chi connectivity index (χ3n) is 3.42. The Bertz CT molecular complexity index is 700. The predicted molar refractivity (Wildman–Crippen MR) is 67.3 cm³/mol. The van der Waals surface area contributed by atoms with Gasteiger partial charge in [0.15, 0.2) is 5.69 Å². The number of aromatic carboxylic acids is 2. The fraction of sp³-hybridized carbons (Fsp3) is 0.308. The average Bonchev–Trinajstić information content (AvgIpc) is 3.04. The van der Waals surface area contributed by atoms with E-state index >= 15 is 0 Å². The van der Waals surface area contributed by atoms with Gasteiger partial charge in [0.05, 0.1) is 17.7 Å². The molecular formula is C13H12N2O5. The van der Waals surface area contributed by atoms with E-state index in [0.717, 1.165) is 6.42 Å². The SMILES string of the molecule is O=C(O)c1cccn2c(C3CCOC3)nc(C(=O)O)c12. The first kappa shape index (κ1) is 12.6. The van der Waals surface area contributed by atoms with Gasteiger partial charge in [-0.1, -0.05) is 0 Å². The zero-order chi connectivity index (χ0) is 14.3. The van der Waals surface area contributed by atoms with Gasteiger partial charge in [-0.3, -0.25) is 0 Å². The monoisotopic (exact) mass is 276 g/mol. The van der Waals surface area contributed by atoms with Gasteiger partial charge in [0.2, 0.25) is 0 Å². The van der Waals surface area contributed by atoms with Gasteiger partial charge in [0.1, 0.15) is 5.82 Å². The van der Waals surface area contributed by atoms with Gasteiger partial charge >= 0.3 is 11.9 Å². The molecule has 0 spiro atoms. The summed E-state index contributed by atoms with van der Waals surface area (Å²) in [4.78, 5) is 26.7. The summed E-state index contributed by atoms with van der Waals surface area (Å²) in [7, 11) is 0. The molecule has 0 amide bonds. The lowest BCUT2D eigenvalue weighted by Crippen LogP contribution is -2.06. The van der Waals surface area contributed by atoms with Crippen molar-refractivity contribution in [1.29, 1.82) is 0 Å². The number of ether oxygens (including phenoxy) is 1. The molecule has 7 heteroatoms. The molecule has 3 rings (SSSR count). The molecule has 1 aliphatic heterocycles. The lowest BCUT2D eigenvalue weighted by molar-refractivity contribution is 0.0691. The molecule has 2 N–H and O–H groups in total. The van der Waals surface area contributed by atoms with Crippen molar-refractivity contribution in [3.8, 4) is 0 Å². The fourth-order valence-electron chi connectivity index (χ4n) is 2.51. The minimum atomic E-state index is -1.23. The van der Waals surface area contributed by atoms with E-state index < -0.39 is 11.9 Å². The topological polar surface area (TPSA) is 101 Å². The van der Waals surface area contributed by atoms with Gasteiger partial charge < -0.3 is 19.4 Å². The minimum Gasteiger partial charge on any atom is -0.478 e. The number of aromatic nitrogens is 2. The van der Waals surface area contributed by atoms with Crippen molar-refractivity contribution in [1.82, 2.24) is 9.38 Å². The molecule has 1 unspecified atom stereocenters. The first-order valence-electron chi connectivity index (χ1n) is 6.15. The Morgan fingerprint density at radius 3 is 2.75 bits per heavy atom. The standard InChI is InChI=1S/C13H12N2O5/c16-12(17)8-2-1-4-15-10(8)9(13(18)19)14-11(15)7-3-5-20-6-7/h1-2,4,7H,3,5-6H2,(H,16,17)(H,18,19). The Kier molecular flexibility index (Phi) is 2.90. The number of imidazole rings is 1. The van der Waals surface area contributed by atoms with Crippen LogP contribution in [0.1, 0.15) is 39.0 Å². The number of hydrogen-bond acceptors (Lipinski definition) is 4.